The van der Waals surface area contributed by atoms with Gasteiger partial charge in [-0.3, -0.25) is 4.79 Å². The summed E-state index contributed by atoms with van der Waals surface area (Å²) in [6.45, 7) is 3.82. The van der Waals surface area contributed by atoms with Gasteiger partial charge in [0.25, 0.3) is 0 Å². The fraction of sp³-hybridized carbons (Fsp3) is 0.917. The van der Waals surface area contributed by atoms with Crippen molar-refractivity contribution >= 4 is 5.91 Å². The van der Waals surface area contributed by atoms with Crippen LogP contribution in [0.5, 0.6) is 0 Å². The molecule has 3 nitrogen and oxygen atoms in total. The molecule has 0 rings (SSSR count). The highest BCUT2D eigenvalue weighted by molar-refractivity contribution is 5.77. The van der Waals surface area contributed by atoms with E-state index in [0.717, 1.165) is 19.3 Å². The van der Waals surface area contributed by atoms with Crippen molar-refractivity contribution in [3.8, 4) is 0 Å². The van der Waals surface area contributed by atoms with E-state index in [9.17, 15) is 9.90 Å². The van der Waals surface area contributed by atoms with Crippen LogP contribution in [0.4, 0.5) is 0 Å². The third kappa shape index (κ3) is 7.37. The topological polar surface area (TPSA) is 63.3 Å². The van der Waals surface area contributed by atoms with Crippen LogP contribution in [0, 0.1) is 5.92 Å². The maximum atomic E-state index is 11.0. The first-order valence-electron chi connectivity index (χ1n) is 6.07. The number of carbonyl (C=O) groups is 1. The highest BCUT2D eigenvalue weighted by Gasteiger charge is 2.19. The molecule has 15 heavy (non-hydrogen) atoms. The van der Waals surface area contributed by atoms with Crippen LogP contribution in [0.3, 0.4) is 0 Å². The lowest BCUT2D eigenvalue weighted by Crippen LogP contribution is -2.31. The van der Waals surface area contributed by atoms with Gasteiger partial charge < -0.3 is 10.8 Å². The van der Waals surface area contributed by atoms with Gasteiger partial charge in [-0.1, -0.05) is 45.4 Å². The highest BCUT2D eigenvalue weighted by atomic mass is 16.3. The molecule has 0 aromatic heterocycles. The van der Waals surface area contributed by atoms with Crippen molar-refractivity contribution in [2.24, 2.45) is 11.7 Å². The number of aliphatic hydroxyl groups excluding tert-OH is 1. The van der Waals surface area contributed by atoms with Gasteiger partial charge in [0.15, 0.2) is 0 Å². The Labute approximate surface area is 93.0 Å². The molecule has 0 saturated heterocycles. The second-order valence-electron chi connectivity index (χ2n) is 4.31. The summed E-state index contributed by atoms with van der Waals surface area (Å²) in [4.78, 5) is 11.0. The molecule has 0 fully saturated rings. The Balaban J connectivity index is 3.50. The quantitative estimate of drug-likeness (QED) is 0.579. The zero-order chi connectivity index (χ0) is 11.7. The molecule has 0 heterocycles. The molecule has 1 amide bonds. The fourth-order valence-corrected chi connectivity index (χ4v) is 1.77. The van der Waals surface area contributed by atoms with Gasteiger partial charge in [-0.25, -0.2) is 0 Å². The number of hydrogen-bond donors (Lipinski definition) is 2. The van der Waals surface area contributed by atoms with Crippen LogP contribution in [0.1, 0.15) is 58.8 Å². The van der Waals surface area contributed by atoms with Crippen molar-refractivity contribution in [1.29, 1.82) is 0 Å². The summed E-state index contributed by atoms with van der Waals surface area (Å²) in [6.07, 6.45) is 7.26. The normalized spacial score (nSPS) is 14.9. The largest absolute Gasteiger partial charge is 0.393 e. The van der Waals surface area contributed by atoms with Crippen LogP contribution in [0.2, 0.25) is 0 Å². The third-order valence-electron chi connectivity index (χ3n) is 2.82. The first-order chi connectivity index (χ1) is 7.09. The highest BCUT2D eigenvalue weighted by Crippen LogP contribution is 2.15. The maximum Gasteiger partial charge on any atom is 0.223 e. The molecule has 0 saturated carbocycles. The minimum Gasteiger partial charge on any atom is -0.393 e. The van der Waals surface area contributed by atoms with Gasteiger partial charge in [0.1, 0.15) is 0 Å². The van der Waals surface area contributed by atoms with Gasteiger partial charge >= 0.3 is 0 Å². The Morgan fingerprint density at radius 1 is 1.20 bits per heavy atom. The summed E-state index contributed by atoms with van der Waals surface area (Å²) in [5, 5.41) is 9.32. The predicted octanol–water partition coefficient (Wildman–Crippen LogP) is 2.22. The number of primary amides is 1. The number of rotatable bonds is 9. The van der Waals surface area contributed by atoms with Gasteiger partial charge in [0, 0.05) is 0 Å². The summed E-state index contributed by atoms with van der Waals surface area (Å²) < 4.78 is 0. The van der Waals surface area contributed by atoms with E-state index in [4.69, 9.17) is 5.73 Å². The lowest BCUT2D eigenvalue weighted by molar-refractivity contribution is -0.125. The van der Waals surface area contributed by atoms with Crippen molar-refractivity contribution in [3.63, 3.8) is 0 Å². The minimum absolute atomic E-state index is 0.365. The average molecular weight is 215 g/mol. The van der Waals surface area contributed by atoms with Gasteiger partial charge in [-0.2, -0.15) is 0 Å². The van der Waals surface area contributed by atoms with Gasteiger partial charge in [0.2, 0.25) is 5.91 Å². The summed E-state index contributed by atoms with van der Waals surface area (Å²) in [5.41, 5.74) is 5.20. The number of unbranched alkanes of at least 4 members (excludes halogenated alkanes) is 5. The second-order valence-corrected chi connectivity index (χ2v) is 4.31. The Morgan fingerprint density at radius 3 is 2.20 bits per heavy atom. The van der Waals surface area contributed by atoms with Crippen LogP contribution in [-0.4, -0.2) is 17.1 Å². The fourth-order valence-electron chi connectivity index (χ4n) is 1.77. The van der Waals surface area contributed by atoms with Gasteiger partial charge in [-0.15, -0.1) is 0 Å². The number of aliphatic hydroxyl groups is 1. The molecule has 0 aliphatic heterocycles. The number of nitrogens with two attached hydrogens (primary N) is 1. The molecule has 0 aromatic rings. The van der Waals surface area contributed by atoms with E-state index in [1.165, 1.54) is 25.7 Å². The molecule has 0 aliphatic rings. The van der Waals surface area contributed by atoms with Crippen LogP contribution in [0.15, 0.2) is 0 Å². The van der Waals surface area contributed by atoms with E-state index >= 15 is 0 Å². The molecule has 2 unspecified atom stereocenters. The maximum absolute atomic E-state index is 11.0. The van der Waals surface area contributed by atoms with E-state index in [0.29, 0.717) is 0 Å². The lowest BCUT2D eigenvalue weighted by Gasteiger charge is -2.15. The molecule has 0 bridgehead atoms. The van der Waals surface area contributed by atoms with E-state index in [2.05, 4.69) is 6.92 Å². The molecule has 0 aliphatic carbocycles. The number of carbonyl (C=O) groups excluding carboxylic acids is 1. The third-order valence-corrected chi connectivity index (χ3v) is 2.82. The molecule has 2 atom stereocenters. The first kappa shape index (κ1) is 14.4. The molecule has 0 spiro atoms. The van der Waals surface area contributed by atoms with E-state index in [1.54, 1.807) is 6.92 Å². The van der Waals surface area contributed by atoms with Crippen LogP contribution < -0.4 is 5.73 Å². The SMILES string of the molecule is CCCCCCCCC(C(N)=O)C(C)O. The Bertz CT molecular complexity index is 169. The number of hydrogen-bond acceptors (Lipinski definition) is 2. The Morgan fingerprint density at radius 2 is 1.73 bits per heavy atom. The second kappa shape index (κ2) is 8.72. The van der Waals surface area contributed by atoms with Crippen molar-refractivity contribution in [2.45, 2.75) is 64.9 Å². The monoisotopic (exact) mass is 215 g/mol. The number of amides is 1. The van der Waals surface area contributed by atoms with Crippen molar-refractivity contribution in [3.05, 3.63) is 0 Å². The van der Waals surface area contributed by atoms with Crippen molar-refractivity contribution in [1.82, 2.24) is 0 Å². The van der Waals surface area contributed by atoms with Gasteiger partial charge in [0.05, 0.1) is 12.0 Å². The molecular formula is C12H25NO2. The lowest BCUT2D eigenvalue weighted by atomic mass is 9.95. The zero-order valence-corrected chi connectivity index (χ0v) is 10.0. The van der Waals surface area contributed by atoms with Crippen LogP contribution in [0.25, 0.3) is 0 Å². The molecule has 0 aromatic carbocycles. The van der Waals surface area contributed by atoms with E-state index in [-0.39, 0.29) is 11.8 Å². The summed E-state index contributed by atoms with van der Waals surface area (Å²) in [7, 11) is 0. The Kier molecular flexibility index (Phi) is 8.38. The average Bonchev–Trinajstić information content (AvgIpc) is 2.15. The standard InChI is InChI=1S/C12H25NO2/c1-3-4-5-6-7-8-9-11(10(2)14)12(13)15/h10-11,14H,3-9H2,1-2H3,(H2,13,15). The Hall–Kier alpha value is -0.570. The first-order valence-corrected chi connectivity index (χ1v) is 6.07. The van der Waals surface area contributed by atoms with Crippen molar-refractivity contribution in [2.75, 3.05) is 0 Å². The van der Waals surface area contributed by atoms with Gasteiger partial charge in [-0.05, 0) is 13.3 Å². The molecule has 90 valence electrons. The summed E-state index contributed by atoms with van der Waals surface area (Å²) in [6, 6.07) is 0. The minimum atomic E-state index is -0.613. The van der Waals surface area contributed by atoms with Crippen LogP contribution in [-0.2, 0) is 4.79 Å². The van der Waals surface area contributed by atoms with Crippen LogP contribution >= 0.6 is 0 Å². The zero-order valence-electron chi connectivity index (χ0n) is 10.0. The van der Waals surface area contributed by atoms with E-state index < -0.39 is 6.10 Å². The van der Waals surface area contributed by atoms with Crippen molar-refractivity contribution < 1.29 is 9.90 Å². The molecular weight excluding hydrogens is 190 g/mol. The molecule has 3 N–H and O–H groups in total. The summed E-state index contributed by atoms with van der Waals surface area (Å²) in [5.74, 6) is -0.741. The summed E-state index contributed by atoms with van der Waals surface area (Å²) >= 11 is 0. The predicted molar refractivity (Wildman–Crippen MR) is 62.4 cm³/mol. The smallest absolute Gasteiger partial charge is 0.223 e. The van der Waals surface area contributed by atoms with E-state index in [1.807, 2.05) is 0 Å². The molecule has 0 radical (unpaired) electrons. The molecule has 3 heteroatoms.